The quantitative estimate of drug-likeness (QED) is 0.816. The number of hydrogen-bond acceptors (Lipinski definition) is 2. The van der Waals surface area contributed by atoms with Crippen molar-refractivity contribution in [2.24, 2.45) is 0 Å². The van der Waals surface area contributed by atoms with E-state index in [-0.39, 0.29) is 0 Å². The Morgan fingerprint density at radius 1 is 1.27 bits per heavy atom. The Labute approximate surface area is 91.6 Å². The van der Waals surface area contributed by atoms with Gasteiger partial charge in [-0.3, -0.25) is 0 Å². The van der Waals surface area contributed by atoms with Gasteiger partial charge in [0.2, 0.25) is 0 Å². The van der Waals surface area contributed by atoms with Gasteiger partial charge in [0.15, 0.2) is 0 Å². The van der Waals surface area contributed by atoms with Crippen molar-refractivity contribution in [1.29, 1.82) is 0 Å². The molecule has 0 aliphatic carbocycles. The first-order valence-electron chi connectivity index (χ1n) is 5.85. The summed E-state index contributed by atoms with van der Waals surface area (Å²) in [5.41, 5.74) is 1.32. The zero-order valence-corrected chi connectivity index (χ0v) is 9.49. The minimum atomic E-state index is 0.300. The molecule has 0 amide bonds. The van der Waals surface area contributed by atoms with E-state index in [1.54, 1.807) is 0 Å². The maximum atomic E-state index is 5.90. The van der Waals surface area contributed by atoms with Gasteiger partial charge < -0.3 is 10.1 Å². The summed E-state index contributed by atoms with van der Waals surface area (Å²) in [6, 6.07) is 8.73. The van der Waals surface area contributed by atoms with E-state index in [2.05, 4.69) is 37.4 Å². The van der Waals surface area contributed by atoms with Crippen LogP contribution in [0.3, 0.4) is 0 Å². The first-order valence-corrected chi connectivity index (χ1v) is 5.85. The van der Waals surface area contributed by atoms with Gasteiger partial charge in [0.1, 0.15) is 11.9 Å². The SMILES string of the molecule is CCCNC1c2ccccc2OC1CC. The van der Waals surface area contributed by atoms with Gasteiger partial charge in [-0.2, -0.15) is 0 Å². The molecule has 0 spiro atoms. The monoisotopic (exact) mass is 205 g/mol. The Hall–Kier alpha value is -1.02. The molecule has 82 valence electrons. The Morgan fingerprint density at radius 3 is 2.80 bits per heavy atom. The number of benzene rings is 1. The third-order valence-electron chi connectivity index (χ3n) is 2.92. The number of hydrogen-bond donors (Lipinski definition) is 1. The fourth-order valence-electron chi connectivity index (χ4n) is 2.14. The van der Waals surface area contributed by atoms with Crippen molar-refractivity contribution < 1.29 is 4.74 Å². The fraction of sp³-hybridized carbons (Fsp3) is 0.538. The van der Waals surface area contributed by atoms with Crippen LogP contribution in [0.4, 0.5) is 0 Å². The average Bonchev–Trinajstić information content (AvgIpc) is 2.64. The predicted octanol–water partition coefficient (Wildman–Crippen LogP) is 2.90. The molecule has 2 nitrogen and oxygen atoms in total. The van der Waals surface area contributed by atoms with Gasteiger partial charge in [0.05, 0.1) is 6.04 Å². The van der Waals surface area contributed by atoms with Crippen molar-refractivity contribution in [3.8, 4) is 5.75 Å². The summed E-state index contributed by atoms with van der Waals surface area (Å²) in [6.45, 7) is 5.42. The van der Waals surface area contributed by atoms with Gasteiger partial charge in [0.25, 0.3) is 0 Å². The van der Waals surface area contributed by atoms with Crippen LogP contribution in [0.1, 0.15) is 38.3 Å². The lowest BCUT2D eigenvalue weighted by molar-refractivity contribution is 0.185. The maximum Gasteiger partial charge on any atom is 0.124 e. The summed E-state index contributed by atoms with van der Waals surface area (Å²) < 4.78 is 5.90. The fourth-order valence-corrected chi connectivity index (χ4v) is 2.14. The highest BCUT2D eigenvalue weighted by molar-refractivity contribution is 5.40. The number of nitrogens with one attached hydrogen (secondary N) is 1. The molecule has 2 rings (SSSR count). The smallest absolute Gasteiger partial charge is 0.124 e. The average molecular weight is 205 g/mol. The van der Waals surface area contributed by atoms with E-state index in [1.807, 2.05) is 6.07 Å². The van der Waals surface area contributed by atoms with Crippen molar-refractivity contribution >= 4 is 0 Å². The van der Waals surface area contributed by atoms with E-state index >= 15 is 0 Å². The van der Waals surface area contributed by atoms with Crippen LogP contribution in [0.25, 0.3) is 0 Å². The molecule has 0 radical (unpaired) electrons. The molecule has 2 unspecified atom stereocenters. The van der Waals surface area contributed by atoms with Gasteiger partial charge in [-0.1, -0.05) is 32.0 Å². The van der Waals surface area contributed by atoms with Crippen LogP contribution in [0, 0.1) is 0 Å². The maximum absolute atomic E-state index is 5.90. The summed E-state index contributed by atoms with van der Waals surface area (Å²) in [4.78, 5) is 0. The van der Waals surface area contributed by atoms with Gasteiger partial charge >= 0.3 is 0 Å². The van der Waals surface area contributed by atoms with Crippen LogP contribution in [0.15, 0.2) is 24.3 Å². The van der Waals surface area contributed by atoms with E-state index in [4.69, 9.17) is 4.74 Å². The molecule has 1 N–H and O–H groups in total. The lowest BCUT2D eigenvalue weighted by Crippen LogP contribution is -2.30. The third kappa shape index (κ3) is 2.00. The Balaban J connectivity index is 2.18. The van der Waals surface area contributed by atoms with Gasteiger partial charge in [-0.25, -0.2) is 0 Å². The standard InChI is InChI=1S/C13H19NO/c1-3-9-14-13-10-7-5-6-8-12(10)15-11(13)4-2/h5-8,11,13-14H,3-4,9H2,1-2H3. The summed E-state index contributed by atoms with van der Waals surface area (Å²) in [5.74, 6) is 1.05. The molecule has 0 saturated carbocycles. The molecular formula is C13H19NO. The second kappa shape index (κ2) is 4.67. The van der Waals surface area contributed by atoms with Crippen LogP contribution in [0.5, 0.6) is 5.75 Å². The first-order chi connectivity index (χ1) is 7.36. The predicted molar refractivity (Wildman–Crippen MR) is 62.2 cm³/mol. The number of para-hydroxylation sites is 1. The zero-order valence-electron chi connectivity index (χ0n) is 9.49. The van der Waals surface area contributed by atoms with Crippen LogP contribution in [-0.2, 0) is 0 Å². The van der Waals surface area contributed by atoms with Crippen molar-refractivity contribution in [2.45, 2.75) is 38.8 Å². The molecule has 2 atom stereocenters. The molecule has 0 saturated heterocycles. The number of ether oxygens (including phenoxy) is 1. The minimum Gasteiger partial charge on any atom is -0.488 e. The van der Waals surface area contributed by atoms with Crippen LogP contribution in [0.2, 0.25) is 0 Å². The van der Waals surface area contributed by atoms with Gasteiger partial charge in [-0.15, -0.1) is 0 Å². The summed E-state index contributed by atoms with van der Waals surface area (Å²) >= 11 is 0. The Kier molecular flexibility index (Phi) is 3.27. The van der Waals surface area contributed by atoms with Gasteiger partial charge in [-0.05, 0) is 25.5 Å². The van der Waals surface area contributed by atoms with Gasteiger partial charge in [0, 0.05) is 5.56 Å². The molecule has 1 aromatic rings. The molecule has 2 heteroatoms. The Morgan fingerprint density at radius 2 is 2.07 bits per heavy atom. The van der Waals surface area contributed by atoms with Crippen molar-refractivity contribution in [2.75, 3.05) is 6.54 Å². The van der Waals surface area contributed by atoms with E-state index in [0.717, 1.165) is 25.1 Å². The van der Waals surface area contributed by atoms with Crippen LogP contribution >= 0.6 is 0 Å². The van der Waals surface area contributed by atoms with E-state index in [9.17, 15) is 0 Å². The largest absolute Gasteiger partial charge is 0.488 e. The molecule has 0 bridgehead atoms. The lowest BCUT2D eigenvalue weighted by atomic mass is 10.0. The molecule has 15 heavy (non-hydrogen) atoms. The molecule has 0 fully saturated rings. The summed E-state index contributed by atoms with van der Waals surface area (Å²) in [6.07, 6.45) is 2.51. The van der Waals surface area contributed by atoms with E-state index in [1.165, 1.54) is 5.56 Å². The van der Waals surface area contributed by atoms with Crippen LogP contribution < -0.4 is 10.1 Å². The molecule has 1 aromatic carbocycles. The van der Waals surface area contributed by atoms with Crippen molar-refractivity contribution in [3.63, 3.8) is 0 Å². The second-order valence-corrected chi connectivity index (χ2v) is 4.03. The number of fused-ring (bicyclic) bond motifs is 1. The topological polar surface area (TPSA) is 21.3 Å². The Bertz CT molecular complexity index is 324. The minimum absolute atomic E-state index is 0.300. The zero-order chi connectivity index (χ0) is 10.7. The van der Waals surface area contributed by atoms with Crippen molar-refractivity contribution in [3.05, 3.63) is 29.8 Å². The highest BCUT2D eigenvalue weighted by atomic mass is 16.5. The summed E-state index contributed by atoms with van der Waals surface area (Å²) in [7, 11) is 0. The molecule has 0 aromatic heterocycles. The highest BCUT2D eigenvalue weighted by Crippen LogP contribution is 2.37. The molecule has 1 heterocycles. The third-order valence-corrected chi connectivity index (χ3v) is 2.92. The van der Waals surface area contributed by atoms with Crippen molar-refractivity contribution in [1.82, 2.24) is 5.32 Å². The second-order valence-electron chi connectivity index (χ2n) is 4.03. The normalized spacial score (nSPS) is 23.6. The first kappa shape index (κ1) is 10.5. The molecular weight excluding hydrogens is 186 g/mol. The van der Waals surface area contributed by atoms with Crippen LogP contribution in [-0.4, -0.2) is 12.6 Å². The molecule has 1 aliphatic heterocycles. The lowest BCUT2D eigenvalue weighted by Gasteiger charge is -2.18. The van der Waals surface area contributed by atoms with E-state index in [0.29, 0.717) is 12.1 Å². The number of rotatable bonds is 4. The molecule has 1 aliphatic rings. The van der Waals surface area contributed by atoms with E-state index < -0.39 is 0 Å². The summed E-state index contributed by atoms with van der Waals surface area (Å²) in [5, 5.41) is 3.56. The highest BCUT2D eigenvalue weighted by Gasteiger charge is 2.31.